The Kier molecular flexibility index (Phi) is 4.13. The first kappa shape index (κ1) is 13.1. The predicted octanol–water partition coefficient (Wildman–Crippen LogP) is 2.94. The van der Waals surface area contributed by atoms with Gasteiger partial charge in [-0.1, -0.05) is 17.7 Å². The van der Waals surface area contributed by atoms with Crippen molar-refractivity contribution >= 4 is 22.9 Å². The van der Waals surface area contributed by atoms with E-state index in [2.05, 4.69) is 27.3 Å². The number of hydrogen-bond acceptors (Lipinski definition) is 4. The van der Waals surface area contributed by atoms with E-state index in [9.17, 15) is 0 Å². The summed E-state index contributed by atoms with van der Waals surface area (Å²) in [6, 6.07) is 8.64. The predicted molar refractivity (Wildman–Crippen MR) is 79.6 cm³/mol. The van der Waals surface area contributed by atoms with E-state index in [1.54, 1.807) is 11.3 Å². The molecule has 0 bridgehead atoms. The van der Waals surface area contributed by atoms with Crippen molar-refractivity contribution in [1.82, 2.24) is 15.2 Å². The highest BCUT2D eigenvalue weighted by Gasteiger charge is 2.24. The molecule has 5 heteroatoms. The summed E-state index contributed by atoms with van der Waals surface area (Å²) in [5.41, 5.74) is 1.28. The van der Waals surface area contributed by atoms with E-state index in [0.29, 0.717) is 6.04 Å². The smallest absolute Gasteiger partial charge is 0.0931 e. The van der Waals surface area contributed by atoms with Gasteiger partial charge in [-0.25, -0.2) is 0 Å². The molecule has 0 spiro atoms. The summed E-state index contributed by atoms with van der Waals surface area (Å²) in [7, 11) is 0. The highest BCUT2D eigenvalue weighted by molar-refractivity contribution is 7.16. The molecule has 1 fully saturated rings. The van der Waals surface area contributed by atoms with Crippen LogP contribution in [0.1, 0.15) is 16.5 Å². The first-order valence-corrected chi connectivity index (χ1v) is 7.61. The van der Waals surface area contributed by atoms with Crippen molar-refractivity contribution in [1.29, 1.82) is 0 Å². The number of nitrogens with zero attached hydrogens (tertiary/aromatic N) is 2. The molecule has 2 aromatic rings. The molecule has 3 heterocycles. The summed E-state index contributed by atoms with van der Waals surface area (Å²) in [6.45, 7) is 4.02. The summed E-state index contributed by atoms with van der Waals surface area (Å²) in [4.78, 5) is 8.05. The summed E-state index contributed by atoms with van der Waals surface area (Å²) in [5.74, 6) is 0. The largest absolute Gasteiger partial charge is 0.314 e. The Morgan fingerprint density at radius 3 is 3.11 bits per heavy atom. The molecular weight excluding hydrogens is 278 g/mol. The Hall–Kier alpha value is -0.940. The number of rotatable bonds is 3. The molecule has 19 heavy (non-hydrogen) atoms. The van der Waals surface area contributed by atoms with Crippen molar-refractivity contribution < 1.29 is 0 Å². The molecular formula is C14H16ClN3S. The van der Waals surface area contributed by atoms with Gasteiger partial charge in [-0.3, -0.25) is 9.88 Å². The van der Waals surface area contributed by atoms with Crippen LogP contribution in [-0.4, -0.2) is 29.5 Å². The van der Waals surface area contributed by atoms with Gasteiger partial charge in [0.2, 0.25) is 0 Å². The standard InChI is InChI=1S/C14H16ClN3S/c15-14-4-3-12(19-14)10-18-7-6-17-9-13(18)11-2-1-5-16-8-11/h1-5,8,13,17H,6-7,9-10H2. The molecule has 0 amide bonds. The lowest BCUT2D eigenvalue weighted by atomic mass is 10.1. The van der Waals surface area contributed by atoms with Crippen molar-refractivity contribution in [3.8, 4) is 0 Å². The van der Waals surface area contributed by atoms with E-state index in [-0.39, 0.29) is 0 Å². The molecule has 1 saturated heterocycles. The normalized spacial score (nSPS) is 20.6. The average molecular weight is 294 g/mol. The topological polar surface area (TPSA) is 28.2 Å². The zero-order valence-electron chi connectivity index (χ0n) is 10.6. The molecule has 1 atom stereocenters. The van der Waals surface area contributed by atoms with Gasteiger partial charge in [0.1, 0.15) is 0 Å². The quantitative estimate of drug-likeness (QED) is 0.943. The van der Waals surface area contributed by atoms with Crippen LogP contribution < -0.4 is 5.32 Å². The number of aromatic nitrogens is 1. The number of halogens is 1. The van der Waals surface area contributed by atoms with E-state index in [0.717, 1.165) is 30.5 Å². The van der Waals surface area contributed by atoms with Gasteiger partial charge in [0.15, 0.2) is 0 Å². The first-order valence-electron chi connectivity index (χ1n) is 6.42. The third-order valence-electron chi connectivity index (χ3n) is 3.41. The van der Waals surface area contributed by atoms with Gasteiger partial charge in [-0.2, -0.15) is 0 Å². The molecule has 1 aliphatic rings. The maximum Gasteiger partial charge on any atom is 0.0931 e. The van der Waals surface area contributed by atoms with E-state index in [1.165, 1.54) is 10.4 Å². The second-order valence-corrected chi connectivity index (χ2v) is 6.48. The van der Waals surface area contributed by atoms with Crippen molar-refractivity contribution in [3.63, 3.8) is 0 Å². The fourth-order valence-corrected chi connectivity index (χ4v) is 3.59. The van der Waals surface area contributed by atoms with E-state index in [1.807, 2.05) is 24.5 Å². The average Bonchev–Trinajstić information content (AvgIpc) is 2.86. The molecule has 100 valence electrons. The van der Waals surface area contributed by atoms with Crippen LogP contribution >= 0.6 is 22.9 Å². The van der Waals surface area contributed by atoms with Crippen molar-refractivity contribution in [3.05, 3.63) is 51.4 Å². The summed E-state index contributed by atoms with van der Waals surface area (Å²) >= 11 is 7.68. The Labute approximate surface area is 122 Å². The molecule has 0 radical (unpaired) electrons. The third-order valence-corrected chi connectivity index (χ3v) is 4.63. The van der Waals surface area contributed by atoms with Crippen LogP contribution in [0.4, 0.5) is 0 Å². The Bertz CT molecular complexity index is 528. The van der Waals surface area contributed by atoms with Crippen LogP contribution in [0.3, 0.4) is 0 Å². The highest BCUT2D eigenvalue weighted by Crippen LogP contribution is 2.27. The zero-order chi connectivity index (χ0) is 13.1. The SMILES string of the molecule is Clc1ccc(CN2CCNCC2c2cccnc2)s1. The van der Waals surface area contributed by atoms with Gasteiger partial charge in [-0.05, 0) is 23.8 Å². The van der Waals surface area contributed by atoms with Crippen LogP contribution in [0.15, 0.2) is 36.7 Å². The molecule has 1 unspecified atom stereocenters. The van der Waals surface area contributed by atoms with Crippen molar-refractivity contribution in [2.45, 2.75) is 12.6 Å². The lowest BCUT2D eigenvalue weighted by molar-refractivity contribution is 0.155. The molecule has 1 aliphatic heterocycles. The zero-order valence-corrected chi connectivity index (χ0v) is 12.1. The Morgan fingerprint density at radius 1 is 1.42 bits per heavy atom. The minimum absolute atomic E-state index is 0.392. The summed E-state index contributed by atoms with van der Waals surface area (Å²) in [5, 5.41) is 3.46. The fraction of sp³-hybridized carbons (Fsp3) is 0.357. The van der Waals surface area contributed by atoms with Crippen LogP contribution in [0.2, 0.25) is 4.34 Å². The van der Waals surface area contributed by atoms with Gasteiger partial charge >= 0.3 is 0 Å². The van der Waals surface area contributed by atoms with Gasteiger partial charge in [0.25, 0.3) is 0 Å². The summed E-state index contributed by atoms with van der Waals surface area (Å²) < 4.78 is 0.864. The van der Waals surface area contributed by atoms with Crippen LogP contribution in [0.5, 0.6) is 0 Å². The molecule has 0 aromatic carbocycles. The monoisotopic (exact) mass is 293 g/mol. The van der Waals surface area contributed by atoms with Crippen molar-refractivity contribution in [2.75, 3.05) is 19.6 Å². The Morgan fingerprint density at radius 2 is 2.37 bits per heavy atom. The van der Waals surface area contributed by atoms with Crippen LogP contribution in [-0.2, 0) is 6.54 Å². The lowest BCUT2D eigenvalue weighted by Gasteiger charge is -2.36. The lowest BCUT2D eigenvalue weighted by Crippen LogP contribution is -2.45. The number of piperazine rings is 1. The second kappa shape index (κ2) is 6.01. The molecule has 3 rings (SSSR count). The fourth-order valence-electron chi connectivity index (χ4n) is 2.47. The first-order chi connectivity index (χ1) is 9.33. The van der Waals surface area contributed by atoms with E-state index in [4.69, 9.17) is 11.6 Å². The van der Waals surface area contributed by atoms with Gasteiger partial charge in [0.05, 0.1) is 4.34 Å². The molecule has 3 nitrogen and oxygen atoms in total. The number of hydrogen-bond donors (Lipinski definition) is 1. The molecule has 0 aliphatic carbocycles. The minimum atomic E-state index is 0.392. The molecule has 2 aromatic heterocycles. The summed E-state index contributed by atoms with van der Waals surface area (Å²) in [6.07, 6.45) is 3.79. The minimum Gasteiger partial charge on any atom is -0.314 e. The highest BCUT2D eigenvalue weighted by atomic mass is 35.5. The van der Waals surface area contributed by atoms with E-state index >= 15 is 0 Å². The maximum atomic E-state index is 6.01. The number of thiophene rings is 1. The van der Waals surface area contributed by atoms with Crippen molar-refractivity contribution in [2.24, 2.45) is 0 Å². The van der Waals surface area contributed by atoms with Crippen LogP contribution in [0, 0.1) is 0 Å². The third kappa shape index (κ3) is 3.15. The maximum absolute atomic E-state index is 6.01. The van der Waals surface area contributed by atoms with Gasteiger partial charge < -0.3 is 5.32 Å². The molecule has 0 saturated carbocycles. The van der Waals surface area contributed by atoms with Gasteiger partial charge in [-0.15, -0.1) is 11.3 Å². The Balaban J connectivity index is 1.77. The van der Waals surface area contributed by atoms with E-state index < -0.39 is 0 Å². The molecule has 1 N–H and O–H groups in total. The number of pyridine rings is 1. The number of nitrogens with one attached hydrogen (secondary N) is 1. The van der Waals surface area contributed by atoms with Crippen LogP contribution in [0.25, 0.3) is 0 Å². The van der Waals surface area contributed by atoms with Gasteiger partial charge in [0, 0.05) is 49.5 Å². The second-order valence-electron chi connectivity index (χ2n) is 4.68.